The van der Waals surface area contributed by atoms with Crippen molar-refractivity contribution >= 4 is 5.91 Å². The Bertz CT molecular complexity index is 505. The minimum atomic E-state index is -4.85. The number of nitrogens with one attached hydrogen (secondary N) is 1. The lowest BCUT2D eigenvalue weighted by Gasteiger charge is -2.11. The van der Waals surface area contributed by atoms with E-state index in [1.54, 1.807) is 0 Å². The van der Waals surface area contributed by atoms with Crippen LogP contribution in [0.5, 0.6) is 0 Å². The maximum atomic E-state index is 13.6. The van der Waals surface area contributed by atoms with E-state index in [0.29, 0.717) is 12.5 Å². The second kappa shape index (κ2) is 6.18. The van der Waals surface area contributed by atoms with E-state index in [0.717, 1.165) is 12.1 Å². The van der Waals surface area contributed by atoms with E-state index in [1.807, 2.05) is 6.07 Å². The van der Waals surface area contributed by atoms with Gasteiger partial charge in [0, 0.05) is 13.0 Å². The summed E-state index contributed by atoms with van der Waals surface area (Å²) in [5, 5.41) is 10.5. The summed E-state index contributed by atoms with van der Waals surface area (Å²) in [7, 11) is 0. The highest BCUT2D eigenvalue weighted by molar-refractivity contribution is 5.94. The van der Waals surface area contributed by atoms with Crippen molar-refractivity contribution in [1.29, 1.82) is 5.26 Å². The first-order chi connectivity index (χ1) is 8.88. The minimum absolute atomic E-state index is 0.0993. The van der Waals surface area contributed by atoms with Crippen LogP contribution in [-0.2, 0) is 6.18 Å². The molecule has 1 aromatic rings. The molecule has 7 heteroatoms. The van der Waals surface area contributed by atoms with Gasteiger partial charge in [-0.2, -0.15) is 18.4 Å². The second-order valence-electron chi connectivity index (χ2n) is 3.68. The number of carbonyl (C=O) groups is 1. The van der Waals surface area contributed by atoms with Crippen LogP contribution in [0.4, 0.5) is 17.6 Å². The molecule has 0 radical (unpaired) electrons. The third-order valence-electron chi connectivity index (χ3n) is 2.30. The fraction of sp³-hybridized carbons (Fsp3) is 0.333. The predicted molar refractivity (Wildman–Crippen MR) is 58.6 cm³/mol. The van der Waals surface area contributed by atoms with Crippen LogP contribution < -0.4 is 5.32 Å². The summed E-state index contributed by atoms with van der Waals surface area (Å²) in [6.45, 7) is 0.0993. The van der Waals surface area contributed by atoms with Gasteiger partial charge in [0.05, 0.1) is 17.2 Å². The number of carbonyl (C=O) groups excluding carboxylic acids is 1. The van der Waals surface area contributed by atoms with Crippen LogP contribution in [0.1, 0.15) is 28.8 Å². The lowest BCUT2D eigenvalue weighted by molar-refractivity contribution is -0.140. The molecule has 1 N–H and O–H groups in total. The first-order valence-corrected chi connectivity index (χ1v) is 5.38. The van der Waals surface area contributed by atoms with Crippen molar-refractivity contribution in [3.63, 3.8) is 0 Å². The molecule has 19 heavy (non-hydrogen) atoms. The Hall–Kier alpha value is -2.10. The maximum Gasteiger partial charge on any atom is 0.419 e. The molecule has 0 saturated heterocycles. The van der Waals surface area contributed by atoms with E-state index in [1.165, 1.54) is 0 Å². The molecule has 3 nitrogen and oxygen atoms in total. The zero-order valence-electron chi connectivity index (χ0n) is 9.72. The zero-order chi connectivity index (χ0) is 14.5. The van der Waals surface area contributed by atoms with Crippen LogP contribution in [0, 0.1) is 17.1 Å². The summed E-state index contributed by atoms with van der Waals surface area (Å²) in [4.78, 5) is 11.5. The smallest absolute Gasteiger partial charge is 0.352 e. The van der Waals surface area contributed by atoms with E-state index in [2.05, 4.69) is 5.32 Å². The lowest BCUT2D eigenvalue weighted by atomic mass is 10.1. The molecule has 0 heterocycles. The molecule has 0 spiro atoms. The molecule has 0 aliphatic carbocycles. The molecule has 1 rings (SSSR count). The van der Waals surface area contributed by atoms with Crippen molar-refractivity contribution in [3.05, 3.63) is 35.1 Å². The van der Waals surface area contributed by atoms with Gasteiger partial charge >= 0.3 is 6.18 Å². The van der Waals surface area contributed by atoms with Crippen LogP contribution in [0.2, 0.25) is 0 Å². The van der Waals surface area contributed by atoms with Gasteiger partial charge in [0.2, 0.25) is 0 Å². The number of nitrogens with zero attached hydrogens (tertiary/aromatic N) is 1. The number of amides is 1. The van der Waals surface area contributed by atoms with Crippen molar-refractivity contribution in [3.8, 4) is 6.07 Å². The van der Waals surface area contributed by atoms with Crippen molar-refractivity contribution in [2.24, 2.45) is 0 Å². The number of rotatable bonds is 4. The average molecular weight is 274 g/mol. The molecule has 1 aromatic carbocycles. The molecule has 0 bridgehead atoms. The number of hydrogen-bond donors (Lipinski definition) is 1. The molecule has 0 unspecified atom stereocenters. The van der Waals surface area contributed by atoms with Crippen LogP contribution in [0.25, 0.3) is 0 Å². The van der Waals surface area contributed by atoms with Gasteiger partial charge in [-0.1, -0.05) is 6.07 Å². The first-order valence-electron chi connectivity index (χ1n) is 5.38. The molecule has 0 saturated carbocycles. The SMILES string of the molecule is N#CCCCNC(=O)c1cccc(C(F)(F)F)c1F. The highest BCUT2D eigenvalue weighted by Gasteiger charge is 2.35. The number of halogens is 4. The highest BCUT2D eigenvalue weighted by atomic mass is 19.4. The van der Waals surface area contributed by atoms with Crippen LogP contribution in [0.3, 0.4) is 0 Å². The van der Waals surface area contributed by atoms with E-state index >= 15 is 0 Å². The highest BCUT2D eigenvalue weighted by Crippen LogP contribution is 2.32. The topological polar surface area (TPSA) is 52.9 Å². The van der Waals surface area contributed by atoms with Gasteiger partial charge in [-0.15, -0.1) is 0 Å². The van der Waals surface area contributed by atoms with Gasteiger partial charge in [0.25, 0.3) is 5.91 Å². The molecule has 102 valence electrons. The number of hydrogen-bond acceptors (Lipinski definition) is 2. The van der Waals surface area contributed by atoms with E-state index < -0.39 is 29.0 Å². The van der Waals surface area contributed by atoms with E-state index in [9.17, 15) is 22.4 Å². The van der Waals surface area contributed by atoms with Gasteiger partial charge in [0.1, 0.15) is 5.82 Å². The van der Waals surface area contributed by atoms with Gasteiger partial charge < -0.3 is 5.32 Å². The first kappa shape index (κ1) is 15.0. The standard InChI is InChI=1S/C12H10F4N2O/c13-10-8(11(19)18-7-2-1-6-17)4-3-5-9(10)12(14,15)16/h3-5H,1-2,7H2,(H,18,19). The third kappa shape index (κ3) is 3.95. The van der Waals surface area contributed by atoms with Gasteiger partial charge in [-0.25, -0.2) is 4.39 Å². The average Bonchev–Trinajstić information content (AvgIpc) is 2.33. The Morgan fingerprint density at radius 1 is 1.37 bits per heavy atom. The third-order valence-corrected chi connectivity index (χ3v) is 2.30. The number of benzene rings is 1. The fourth-order valence-electron chi connectivity index (χ4n) is 1.39. The summed E-state index contributed by atoms with van der Waals surface area (Å²) in [6, 6.07) is 4.36. The molecule has 0 atom stereocenters. The fourth-order valence-corrected chi connectivity index (χ4v) is 1.39. The van der Waals surface area contributed by atoms with Gasteiger partial charge in [0.15, 0.2) is 0 Å². The summed E-state index contributed by atoms with van der Waals surface area (Å²) in [6.07, 6.45) is -4.30. The molecule has 1 amide bonds. The van der Waals surface area contributed by atoms with Crippen molar-refractivity contribution < 1.29 is 22.4 Å². The molecule has 0 aliphatic heterocycles. The Kier molecular flexibility index (Phi) is 4.87. The van der Waals surface area contributed by atoms with E-state index in [4.69, 9.17) is 5.26 Å². The second-order valence-corrected chi connectivity index (χ2v) is 3.68. The van der Waals surface area contributed by atoms with E-state index in [-0.39, 0.29) is 13.0 Å². The minimum Gasteiger partial charge on any atom is -0.352 e. The molecule has 0 aliphatic rings. The maximum absolute atomic E-state index is 13.6. The van der Waals surface area contributed by atoms with Crippen LogP contribution in [-0.4, -0.2) is 12.5 Å². The summed E-state index contributed by atoms with van der Waals surface area (Å²) in [5.41, 5.74) is -2.14. The summed E-state index contributed by atoms with van der Waals surface area (Å²) in [5.74, 6) is -2.52. The van der Waals surface area contributed by atoms with Crippen LogP contribution >= 0.6 is 0 Å². The lowest BCUT2D eigenvalue weighted by Crippen LogP contribution is -2.26. The van der Waals surface area contributed by atoms with Crippen molar-refractivity contribution in [1.82, 2.24) is 5.32 Å². The number of unbranched alkanes of at least 4 members (excludes halogenated alkanes) is 1. The molecular formula is C12H10F4N2O. The summed E-state index contributed by atoms with van der Waals surface area (Å²) < 4.78 is 50.9. The summed E-state index contributed by atoms with van der Waals surface area (Å²) >= 11 is 0. The molecule has 0 fully saturated rings. The monoisotopic (exact) mass is 274 g/mol. The van der Waals surface area contributed by atoms with Gasteiger partial charge in [-0.05, 0) is 18.6 Å². The zero-order valence-corrected chi connectivity index (χ0v) is 9.72. The predicted octanol–water partition coefficient (Wildman–Crippen LogP) is 2.88. The van der Waals surface area contributed by atoms with Gasteiger partial charge in [-0.3, -0.25) is 4.79 Å². The Balaban J connectivity index is 2.84. The molecular weight excluding hydrogens is 264 g/mol. The Morgan fingerprint density at radius 3 is 2.63 bits per heavy atom. The quantitative estimate of drug-likeness (QED) is 0.678. The number of alkyl halides is 3. The van der Waals surface area contributed by atoms with Crippen molar-refractivity contribution in [2.45, 2.75) is 19.0 Å². The molecule has 0 aromatic heterocycles. The Labute approximate surface area is 106 Å². The normalized spacial score (nSPS) is 10.9. The van der Waals surface area contributed by atoms with Crippen molar-refractivity contribution in [2.75, 3.05) is 6.54 Å². The Morgan fingerprint density at radius 2 is 2.05 bits per heavy atom. The van der Waals surface area contributed by atoms with Crippen LogP contribution in [0.15, 0.2) is 18.2 Å². The number of nitriles is 1. The largest absolute Gasteiger partial charge is 0.419 e.